The Labute approximate surface area is 142 Å². The fourth-order valence-electron chi connectivity index (χ4n) is 2.48. The Morgan fingerprint density at radius 1 is 1.14 bits per heavy atom. The monoisotopic (exact) mass is 340 g/mol. The Morgan fingerprint density at radius 3 is 2.59 bits per heavy atom. The van der Waals surface area contributed by atoms with E-state index in [-0.39, 0.29) is 36.8 Å². The van der Waals surface area contributed by atoms with E-state index in [1.807, 2.05) is 23.2 Å². The highest BCUT2D eigenvalue weighted by atomic mass is 35.5. The first-order valence-electron chi connectivity index (χ1n) is 6.68. The van der Waals surface area contributed by atoms with Crippen molar-refractivity contribution in [2.24, 2.45) is 0 Å². The maximum Gasteiger partial charge on any atom is 0.254 e. The maximum atomic E-state index is 12.6. The molecule has 2 aromatic rings. The molecule has 118 valence electrons. The van der Waals surface area contributed by atoms with E-state index in [0.717, 1.165) is 18.7 Å². The van der Waals surface area contributed by atoms with E-state index in [2.05, 4.69) is 15.3 Å². The molecule has 0 saturated carbocycles. The van der Waals surface area contributed by atoms with Crippen molar-refractivity contribution in [3.63, 3.8) is 0 Å². The van der Waals surface area contributed by atoms with Gasteiger partial charge in [-0.3, -0.25) is 14.8 Å². The van der Waals surface area contributed by atoms with Gasteiger partial charge in [-0.15, -0.1) is 24.8 Å². The van der Waals surface area contributed by atoms with Crippen molar-refractivity contribution in [2.45, 2.75) is 6.04 Å². The number of rotatable bonds is 2. The third-order valence-electron chi connectivity index (χ3n) is 3.50. The van der Waals surface area contributed by atoms with Crippen LogP contribution in [0, 0.1) is 0 Å². The first kappa shape index (κ1) is 18.4. The Hall–Kier alpha value is -1.69. The van der Waals surface area contributed by atoms with E-state index in [0.29, 0.717) is 12.1 Å². The van der Waals surface area contributed by atoms with Crippen molar-refractivity contribution in [3.05, 3.63) is 60.2 Å². The molecule has 0 spiro atoms. The second-order valence-corrected chi connectivity index (χ2v) is 4.74. The summed E-state index contributed by atoms with van der Waals surface area (Å²) in [4.78, 5) is 22.6. The van der Waals surface area contributed by atoms with Crippen LogP contribution in [0.4, 0.5) is 0 Å². The number of hydrogen-bond donors (Lipinski definition) is 1. The van der Waals surface area contributed by atoms with Crippen molar-refractivity contribution < 1.29 is 4.79 Å². The molecule has 1 N–H and O–H groups in total. The molecule has 3 rings (SSSR count). The molecule has 0 radical (unpaired) electrons. The Morgan fingerprint density at radius 2 is 1.91 bits per heavy atom. The summed E-state index contributed by atoms with van der Waals surface area (Å²) in [5, 5.41) is 3.34. The second kappa shape index (κ2) is 8.68. The van der Waals surface area contributed by atoms with Gasteiger partial charge in [-0.25, -0.2) is 0 Å². The quantitative estimate of drug-likeness (QED) is 0.909. The molecule has 2 aromatic heterocycles. The van der Waals surface area contributed by atoms with Gasteiger partial charge in [0.2, 0.25) is 0 Å². The molecule has 0 aliphatic carbocycles. The van der Waals surface area contributed by atoms with Crippen LogP contribution in [-0.4, -0.2) is 40.4 Å². The van der Waals surface area contributed by atoms with Gasteiger partial charge in [0.05, 0.1) is 6.04 Å². The molecule has 7 heteroatoms. The van der Waals surface area contributed by atoms with Crippen LogP contribution in [0.15, 0.2) is 49.1 Å². The topological polar surface area (TPSA) is 58.1 Å². The summed E-state index contributed by atoms with van der Waals surface area (Å²) in [7, 11) is 0. The molecule has 22 heavy (non-hydrogen) atoms. The Kier molecular flexibility index (Phi) is 7.24. The molecule has 1 aliphatic heterocycles. The molecule has 1 aliphatic rings. The van der Waals surface area contributed by atoms with Gasteiger partial charge in [0.1, 0.15) is 0 Å². The van der Waals surface area contributed by atoms with E-state index in [9.17, 15) is 4.79 Å². The van der Waals surface area contributed by atoms with E-state index < -0.39 is 0 Å². The third kappa shape index (κ3) is 3.94. The summed E-state index contributed by atoms with van der Waals surface area (Å²) < 4.78 is 0. The highest BCUT2D eigenvalue weighted by Gasteiger charge is 2.28. The number of nitrogens with zero attached hydrogens (tertiary/aromatic N) is 3. The minimum absolute atomic E-state index is 0. The first-order valence-corrected chi connectivity index (χ1v) is 6.68. The average Bonchev–Trinajstić information content (AvgIpc) is 2.56. The van der Waals surface area contributed by atoms with Crippen molar-refractivity contribution in [1.29, 1.82) is 0 Å². The number of piperazine rings is 1. The summed E-state index contributed by atoms with van der Waals surface area (Å²) in [6.07, 6.45) is 6.86. The summed E-state index contributed by atoms with van der Waals surface area (Å²) in [5.74, 6) is 0.0442. The average molecular weight is 341 g/mol. The number of carbonyl (C=O) groups is 1. The van der Waals surface area contributed by atoms with Gasteiger partial charge < -0.3 is 10.2 Å². The summed E-state index contributed by atoms with van der Waals surface area (Å²) in [5.41, 5.74) is 1.73. The SMILES string of the molecule is Cl.Cl.O=C(c1ccncc1)N1CCNCC1c1cccnc1. The summed E-state index contributed by atoms with van der Waals surface area (Å²) in [6.45, 7) is 2.26. The number of pyridine rings is 2. The Balaban J connectivity index is 0.00000121. The molecule has 1 amide bonds. The van der Waals surface area contributed by atoms with Gasteiger partial charge in [-0.05, 0) is 23.8 Å². The van der Waals surface area contributed by atoms with Gasteiger partial charge in [-0.1, -0.05) is 6.07 Å². The highest BCUT2D eigenvalue weighted by Crippen LogP contribution is 2.23. The summed E-state index contributed by atoms with van der Waals surface area (Å²) >= 11 is 0. The molecule has 0 bridgehead atoms. The number of carbonyl (C=O) groups excluding carboxylic acids is 1. The van der Waals surface area contributed by atoms with Crippen LogP contribution in [0.1, 0.15) is 22.0 Å². The van der Waals surface area contributed by atoms with Gasteiger partial charge >= 0.3 is 0 Å². The standard InChI is InChI=1S/C15H16N4O.2ClH/c20-15(12-3-6-16-7-4-12)19-9-8-18-11-14(19)13-2-1-5-17-10-13;;/h1-7,10,14,18H,8-9,11H2;2*1H. The van der Waals surface area contributed by atoms with Crippen LogP contribution >= 0.6 is 24.8 Å². The van der Waals surface area contributed by atoms with Gasteiger partial charge in [0, 0.05) is 50.0 Å². The normalized spacial score (nSPS) is 17.1. The van der Waals surface area contributed by atoms with Crippen molar-refractivity contribution in [2.75, 3.05) is 19.6 Å². The molecule has 1 atom stereocenters. The van der Waals surface area contributed by atoms with Crippen LogP contribution in [0.5, 0.6) is 0 Å². The van der Waals surface area contributed by atoms with Crippen LogP contribution in [0.2, 0.25) is 0 Å². The molecule has 1 unspecified atom stereocenters. The molecule has 3 heterocycles. The van der Waals surface area contributed by atoms with Crippen LogP contribution in [0.25, 0.3) is 0 Å². The van der Waals surface area contributed by atoms with Crippen molar-refractivity contribution in [1.82, 2.24) is 20.2 Å². The van der Waals surface area contributed by atoms with Crippen molar-refractivity contribution >= 4 is 30.7 Å². The predicted octanol–water partition coefficient (Wildman–Crippen LogP) is 2.11. The second-order valence-electron chi connectivity index (χ2n) is 4.74. The van der Waals surface area contributed by atoms with Gasteiger partial charge in [0.15, 0.2) is 0 Å². The van der Waals surface area contributed by atoms with Crippen LogP contribution < -0.4 is 5.32 Å². The lowest BCUT2D eigenvalue weighted by atomic mass is 10.0. The van der Waals surface area contributed by atoms with E-state index >= 15 is 0 Å². The zero-order valence-corrected chi connectivity index (χ0v) is 13.5. The van der Waals surface area contributed by atoms with Gasteiger partial charge in [0.25, 0.3) is 5.91 Å². The third-order valence-corrected chi connectivity index (χ3v) is 3.50. The fourth-order valence-corrected chi connectivity index (χ4v) is 2.48. The van der Waals surface area contributed by atoms with Crippen LogP contribution in [-0.2, 0) is 0 Å². The lowest BCUT2D eigenvalue weighted by Gasteiger charge is -2.36. The number of aromatic nitrogens is 2. The molecule has 1 fully saturated rings. The summed E-state index contributed by atoms with van der Waals surface area (Å²) in [6, 6.07) is 7.45. The largest absolute Gasteiger partial charge is 0.329 e. The number of amides is 1. The highest BCUT2D eigenvalue weighted by molar-refractivity contribution is 5.94. The number of hydrogen-bond acceptors (Lipinski definition) is 4. The minimum Gasteiger partial charge on any atom is -0.329 e. The zero-order valence-electron chi connectivity index (χ0n) is 11.9. The van der Waals surface area contributed by atoms with E-state index in [1.54, 1.807) is 30.7 Å². The minimum atomic E-state index is 0. The Bertz CT molecular complexity index is 583. The van der Waals surface area contributed by atoms with E-state index in [1.165, 1.54) is 0 Å². The van der Waals surface area contributed by atoms with Crippen LogP contribution in [0.3, 0.4) is 0 Å². The molecule has 1 saturated heterocycles. The molecular weight excluding hydrogens is 323 g/mol. The van der Waals surface area contributed by atoms with Crippen molar-refractivity contribution in [3.8, 4) is 0 Å². The molecule has 0 aromatic carbocycles. The fraction of sp³-hybridized carbons (Fsp3) is 0.267. The molecule has 5 nitrogen and oxygen atoms in total. The number of halogens is 2. The lowest BCUT2D eigenvalue weighted by molar-refractivity contribution is 0.0634. The first-order chi connectivity index (χ1) is 9.86. The lowest BCUT2D eigenvalue weighted by Crippen LogP contribution is -2.48. The molecular formula is C15H18Cl2N4O. The predicted molar refractivity (Wildman–Crippen MR) is 89.6 cm³/mol. The number of nitrogens with one attached hydrogen (secondary N) is 1. The smallest absolute Gasteiger partial charge is 0.254 e. The van der Waals surface area contributed by atoms with E-state index in [4.69, 9.17) is 0 Å². The van der Waals surface area contributed by atoms with Gasteiger partial charge in [-0.2, -0.15) is 0 Å². The maximum absolute atomic E-state index is 12.6. The zero-order chi connectivity index (χ0) is 13.8.